The molecule has 0 unspecified atom stereocenters. The van der Waals surface area contributed by atoms with E-state index in [1.807, 2.05) is 0 Å². The van der Waals surface area contributed by atoms with Gasteiger partial charge in [0.25, 0.3) is 11.6 Å². The SMILES string of the molecule is O=C(N/N=C\c1ccncc1)c1cc([N+](=O)[O-])ccc1[O-]. The third kappa shape index (κ3) is 3.60. The smallest absolute Gasteiger partial charge is 0.270 e. The number of nitro groups is 1. The molecule has 0 aliphatic carbocycles. The van der Waals surface area contributed by atoms with Gasteiger partial charge < -0.3 is 5.11 Å². The van der Waals surface area contributed by atoms with Crippen molar-refractivity contribution < 1.29 is 14.8 Å². The summed E-state index contributed by atoms with van der Waals surface area (Å²) in [5, 5.41) is 25.8. The minimum atomic E-state index is -0.811. The lowest BCUT2D eigenvalue weighted by Crippen LogP contribution is -2.19. The van der Waals surface area contributed by atoms with Crippen LogP contribution < -0.4 is 10.5 Å². The molecule has 8 heteroatoms. The van der Waals surface area contributed by atoms with Crippen LogP contribution in [0, 0.1) is 10.1 Å². The fraction of sp³-hybridized carbons (Fsp3) is 0. The summed E-state index contributed by atoms with van der Waals surface area (Å²) in [4.78, 5) is 25.5. The van der Waals surface area contributed by atoms with E-state index in [0.29, 0.717) is 5.56 Å². The number of nitrogens with one attached hydrogen (secondary N) is 1. The first-order valence-corrected chi connectivity index (χ1v) is 5.77. The molecule has 0 aliphatic rings. The van der Waals surface area contributed by atoms with Gasteiger partial charge in [-0.3, -0.25) is 19.9 Å². The monoisotopic (exact) mass is 285 g/mol. The number of hydrazone groups is 1. The first kappa shape index (κ1) is 14.1. The van der Waals surface area contributed by atoms with Crippen LogP contribution in [0.2, 0.25) is 0 Å². The minimum Gasteiger partial charge on any atom is -0.872 e. The van der Waals surface area contributed by atoms with Crippen molar-refractivity contribution in [3.8, 4) is 5.75 Å². The number of rotatable bonds is 4. The number of hydrogen-bond donors (Lipinski definition) is 1. The highest BCUT2D eigenvalue weighted by Gasteiger charge is 2.12. The summed E-state index contributed by atoms with van der Waals surface area (Å²) in [6.07, 6.45) is 4.47. The number of hydrogen-bond acceptors (Lipinski definition) is 6. The van der Waals surface area contributed by atoms with Crippen LogP contribution in [-0.4, -0.2) is 22.0 Å². The van der Waals surface area contributed by atoms with Gasteiger partial charge in [0.2, 0.25) is 0 Å². The molecule has 1 N–H and O–H groups in total. The molecule has 8 nitrogen and oxygen atoms in total. The Kier molecular flexibility index (Phi) is 4.20. The highest BCUT2D eigenvalue weighted by molar-refractivity contribution is 5.97. The van der Waals surface area contributed by atoms with E-state index in [1.165, 1.54) is 6.21 Å². The molecule has 0 aliphatic heterocycles. The summed E-state index contributed by atoms with van der Waals surface area (Å²) in [5.74, 6) is -1.42. The number of nitro benzene ring substituents is 1. The molecule has 106 valence electrons. The van der Waals surface area contributed by atoms with Crippen LogP contribution in [0.1, 0.15) is 15.9 Å². The topological polar surface area (TPSA) is 121 Å². The second kappa shape index (κ2) is 6.24. The maximum Gasteiger partial charge on any atom is 0.270 e. The van der Waals surface area contributed by atoms with E-state index < -0.39 is 16.6 Å². The van der Waals surface area contributed by atoms with Crippen LogP contribution in [0.25, 0.3) is 0 Å². The van der Waals surface area contributed by atoms with Crippen LogP contribution in [0.4, 0.5) is 5.69 Å². The molecular weight excluding hydrogens is 276 g/mol. The lowest BCUT2D eigenvalue weighted by molar-refractivity contribution is -0.385. The van der Waals surface area contributed by atoms with Crippen molar-refractivity contribution in [2.24, 2.45) is 5.10 Å². The maximum absolute atomic E-state index is 11.8. The van der Waals surface area contributed by atoms with Gasteiger partial charge in [-0.15, -0.1) is 0 Å². The summed E-state index contributed by atoms with van der Waals surface area (Å²) in [6.45, 7) is 0. The van der Waals surface area contributed by atoms with Crippen LogP contribution in [-0.2, 0) is 0 Å². The van der Waals surface area contributed by atoms with Gasteiger partial charge in [0.05, 0.1) is 11.1 Å². The van der Waals surface area contributed by atoms with E-state index in [2.05, 4.69) is 15.5 Å². The second-order valence-corrected chi connectivity index (χ2v) is 3.92. The van der Waals surface area contributed by atoms with Gasteiger partial charge >= 0.3 is 0 Å². The van der Waals surface area contributed by atoms with E-state index >= 15 is 0 Å². The molecule has 1 amide bonds. The van der Waals surface area contributed by atoms with Crippen molar-refractivity contribution in [1.82, 2.24) is 10.4 Å². The van der Waals surface area contributed by atoms with Crippen LogP contribution in [0.5, 0.6) is 5.75 Å². The lowest BCUT2D eigenvalue weighted by atomic mass is 10.1. The molecule has 0 spiro atoms. The quantitative estimate of drug-likeness (QED) is 0.506. The summed E-state index contributed by atoms with van der Waals surface area (Å²) in [7, 11) is 0. The van der Waals surface area contributed by atoms with Gasteiger partial charge in [-0.2, -0.15) is 5.10 Å². The Balaban J connectivity index is 2.12. The predicted octanol–water partition coefficient (Wildman–Crippen LogP) is 0.827. The maximum atomic E-state index is 11.8. The Labute approximate surface area is 118 Å². The summed E-state index contributed by atoms with van der Waals surface area (Å²) >= 11 is 0. The zero-order valence-corrected chi connectivity index (χ0v) is 10.6. The lowest BCUT2D eigenvalue weighted by Gasteiger charge is -2.10. The number of non-ortho nitro benzene ring substituents is 1. The average molecular weight is 285 g/mol. The molecule has 21 heavy (non-hydrogen) atoms. The predicted molar refractivity (Wildman–Crippen MR) is 71.8 cm³/mol. The number of nitrogens with zero attached hydrogens (tertiary/aromatic N) is 3. The van der Waals surface area contributed by atoms with Crippen LogP contribution in [0.3, 0.4) is 0 Å². The first-order valence-electron chi connectivity index (χ1n) is 5.77. The number of carbonyl (C=O) groups is 1. The van der Waals surface area contributed by atoms with E-state index in [4.69, 9.17) is 0 Å². The molecule has 0 radical (unpaired) electrons. The molecule has 0 bridgehead atoms. The highest BCUT2D eigenvalue weighted by atomic mass is 16.6. The molecule has 0 saturated carbocycles. The van der Waals surface area contributed by atoms with Gasteiger partial charge in [-0.1, -0.05) is 11.8 Å². The third-order valence-corrected chi connectivity index (χ3v) is 2.50. The molecule has 1 aromatic carbocycles. The molecular formula is C13H9N4O4-. The Morgan fingerprint density at radius 2 is 2.00 bits per heavy atom. The normalized spacial score (nSPS) is 10.5. The highest BCUT2D eigenvalue weighted by Crippen LogP contribution is 2.20. The van der Waals surface area contributed by atoms with Crippen molar-refractivity contribution in [3.63, 3.8) is 0 Å². The van der Waals surface area contributed by atoms with Gasteiger partial charge in [-0.05, 0) is 17.7 Å². The molecule has 2 aromatic rings. The molecule has 1 aromatic heterocycles. The largest absolute Gasteiger partial charge is 0.872 e. The van der Waals surface area contributed by atoms with Crippen molar-refractivity contribution in [2.45, 2.75) is 0 Å². The summed E-state index contributed by atoms with van der Waals surface area (Å²) < 4.78 is 0. The fourth-order valence-electron chi connectivity index (χ4n) is 1.48. The summed E-state index contributed by atoms with van der Waals surface area (Å²) in [6, 6.07) is 6.27. The average Bonchev–Trinajstić information content (AvgIpc) is 2.48. The molecule has 2 rings (SSSR count). The molecule has 0 atom stereocenters. The zero-order valence-electron chi connectivity index (χ0n) is 10.6. The Bertz CT molecular complexity index is 701. The van der Waals surface area contributed by atoms with Gasteiger partial charge in [-0.25, -0.2) is 5.43 Å². The second-order valence-electron chi connectivity index (χ2n) is 3.92. The number of aromatic nitrogens is 1. The van der Waals surface area contributed by atoms with E-state index in [9.17, 15) is 20.0 Å². The third-order valence-electron chi connectivity index (χ3n) is 2.50. The number of pyridine rings is 1. The van der Waals surface area contributed by atoms with Crippen LogP contribution >= 0.6 is 0 Å². The summed E-state index contributed by atoms with van der Waals surface area (Å²) in [5.41, 5.74) is 2.17. The van der Waals surface area contributed by atoms with E-state index in [0.717, 1.165) is 18.2 Å². The number of benzene rings is 1. The molecule has 0 fully saturated rings. The van der Waals surface area contributed by atoms with Crippen molar-refractivity contribution in [2.75, 3.05) is 0 Å². The fourth-order valence-corrected chi connectivity index (χ4v) is 1.48. The number of amides is 1. The standard InChI is InChI=1S/C13H10N4O4/c18-12-2-1-10(17(20)21)7-11(12)13(19)16-15-8-9-3-5-14-6-4-9/h1-8,18H,(H,16,19)/p-1/b15-8-. The van der Waals surface area contributed by atoms with Crippen molar-refractivity contribution >= 4 is 17.8 Å². The van der Waals surface area contributed by atoms with Gasteiger partial charge in [0.1, 0.15) is 0 Å². The zero-order chi connectivity index (χ0) is 15.2. The van der Waals surface area contributed by atoms with Gasteiger partial charge in [0, 0.05) is 30.1 Å². The van der Waals surface area contributed by atoms with E-state index in [1.54, 1.807) is 24.5 Å². The van der Waals surface area contributed by atoms with E-state index in [-0.39, 0.29) is 11.3 Å². The van der Waals surface area contributed by atoms with Gasteiger partial charge in [0.15, 0.2) is 0 Å². The minimum absolute atomic E-state index is 0.335. The Morgan fingerprint density at radius 1 is 1.29 bits per heavy atom. The van der Waals surface area contributed by atoms with Crippen molar-refractivity contribution in [1.29, 1.82) is 0 Å². The van der Waals surface area contributed by atoms with Crippen LogP contribution in [0.15, 0.2) is 47.8 Å². The van der Waals surface area contributed by atoms with Crippen molar-refractivity contribution in [3.05, 3.63) is 64.0 Å². The Hall–Kier alpha value is -3.29. The first-order chi connectivity index (χ1) is 10.1. The molecule has 0 saturated heterocycles. The Morgan fingerprint density at radius 3 is 2.67 bits per heavy atom. The number of carbonyl (C=O) groups excluding carboxylic acids is 1. The molecule has 1 heterocycles.